The second-order valence-corrected chi connectivity index (χ2v) is 8.29. The minimum absolute atomic E-state index is 0.00448. The molecule has 178 valence electrons. The highest BCUT2D eigenvalue weighted by molar-refractivity contribution is 6.14. The number of allylic oxidation sites excluding steroid dienone is 5. The molecule has 7 heteroatoms. The number of hydrazone groups is 1. The number of hydrogen-bond donors (Lipinski definition) is 0. The summed E-state index contributed by atoms with van der Waals surface area (Å²) in [4.78, 5) is 17.3. The SMILES string of the molecule is C=C1C=C(c2cc(F)c(CN(C=O)CCCc3ncccc3C)cc2F)C=C/C1=N/N(C)CC. The van der Waals surface area contributed by atoms with Crippen molar-refractivity contribution in [3.63, 3.8) is 0 Å². The molecule has 0 N–H and O–H groups in total. The van der Waals surface area contributed by atoms with Crippen molar-refractivity contribution in [3.05, 3.63) is 94.9 Å². The summed E-state index contributed by atoms with van der Waals surface area (Å²) in [7, 11) is 1.85. The summed E-state index contributed by atoms with van der Waals surface area (Å²) in [5, 5.41) is 6.19. The third kappa shape index (κ3) is 6.25. The van der Waals surface area contributed by atoms with Crippen LogP contribution in [0, 0.1) is 18.6 Å². The fourth-order valence-electron chi connectivity index (χ4n) is 3.65. The molecule has 1 aliphatic carbocycles. The van der Waals surface area contributed by atoms with Gasteiger partial charge in [0.25, 0.3) is 0 Å². The number of pyridine rings is 1. The molecule has 3 rings (SSSR count). The van der Waals surface area contributed by atoms with Gasteiger partial charge in [0.15, 0.2) is 0 Å². The quantitative estimate of drug-likeness (QED) is 0.364. The Kier molecular flexibility index (Phi) is 8.46. The lowest BCUT2D eigenvalue weighted by Crippen LogP contribution is -2.24. The van der Waals surface area contributed by atoms with E-state index in [9.17, 15) is 13.6 Å². The Morgan fingerprint density at radius 3 is 2.68 bits per heavy atom. The summed E-state index contributed by atoms with van der Waals surface area (Å²) in [6.45, 7) is 9.11. The highest BCUT2D eigenvalue weighted by Gasteiger charge is 2.17. The molecule has 1 amide bonds. The molecule has 1 aliphatic rings. The van der Waals surface area contributed by atoms with E-state index in [0.717, 1.165) is 23.9 Å². The van der Waals surface area contributed by atoms with Crippen LogP contribution in [0.1, 0.15) is 35.7 Å². The van der Waals surface area contributed by atoms with Crippen molar-refractivity contribution < 1.29 is 13.6 Å². The lowest BCUT2D eigenvalue weighted by molar-refractivity contribution is -0.118. The van der Waals surface area contributed by atoms with E-state index in [1.807, 2.05) is 33.0 Å². The first-order valence-electron chi connectivity index (χ1n) is 11.3. The summed E-state index contributed by atoms with van der Waals surface area (Å²) >= 11 is 0. The number of amides is 1. The number of carbonyl (C=O) groups excluding carboxylic acids is 1. The van der Waals surface area contributed by atoms with Gasteiger partial charge in [0.2, 0.25) is 6.41 Å². The maximum atomic E-state index is 15.0. The molecule has 0 spiro atoms. The summed E-state index contributed by atoms with van der Waals surface area (Å²) in [5.74, 6) is -1.12. The number of halogens is 2. The molecule has 0 saturated heterocycles. The Morgan fingerprint density at radius 2 is 2.00 bits per heavy atom. The van der Waals surface area contributed by atoms with Gasteiger partial charge >= 0.3 is 0 Å². The minimum Gasteiger partial charge on any atom is -0.341 e. The lowest BCUT2D eigenvalue weighted by atomic mass is 9.94. The summed E-state index contributed by atoms with van der Waals surface area (Å²) in [6, 6.07) is 6.21. The van der Waals surface area contributed by atoms with E-state index < -0.39 is 11.6 Å². The van der Waals surface area contributed by atoms with Crippen molar-refractivity contribution in [1.29, 1.82) is 0 Å². The molecule has 0 fully saturated rings. The highest BCUT2D eigenvalue weighted by Crippen LogP contribution is 2.27. The van der Waals surface area contributed by atoms with Crippen LogP contribution in [-0.4, -0.2) is 47.2 Å². The Balaban J connectivity index is 1.69. The molecule has 0 unspecified atom stereocenters. The first-order valence-corrected chi connectivity index (χ1v) is 11.3. The third-order valence-electron chi connectivity index (χ3n) is 5.76. The average Bonchev–Trinajstić information content (AvgIpc) is 2.82. The third-order valence-corrected chi connectivity index (χ3v) is 5.76. The molecule has 2 aromatic rings. The van der Waals surface area contributed by atoms with Crippen molar-refractivity contribution in [2.24, 2.45) is 5.10 Å². The van der Waals surface area contributed by atoms with Crippen LogP contribution in [0.3, 0.4) is 0 Å². The normalized spacial score (nSPS) is 14.3. The van der Waals surface area contributed by atoms with E-state index in [-0.39, 0.29) is 17.7 Å². The largest absolute Gasteiger partial charge is 0.341 e. The van der Waals surface area contributed by atoms with Gasteiger partial charge in [-0.25, -0.2) is 8.78 Å². The maximum absolute atomic E-state index is 15.0. The fourth-order valence-corrected chi connectivity index (χ4v) is 3.65. The molecule has 0 bridgehead atoms. The molecule has 5 nitrogen and oxygen atoms in total. The number of nitrogens with zero attached hydrogens (tertiary/aromatic N) is 4. The molecule has 0 aliphatic heterocycles. The standard InChI is InChI=1S/C27H30F2N4O/c1-5-32(4)31-27-11-10-21(14-20(27)3)23-16-24(28)22(15-25(23)29)17-33(18-34)13-7-9-26-19(2)8-6-12-30-26/h6,8,10-12,14-16,18H,3,5,7,9,13,17H2,1-2,4H3/b31-27-. The van der Waals surface area contributed by atoms with Crippen LogP contribution in [0.2, 0.25) is 0 Å². The van der Waals surface area contributed by atoms with E-state index in [2.05, 4.69) is 16.7 Å². The summed E-state index contributed by atoms with van der Waals surface area (Å²) in [5.41, 5.74) is 4.15. The van der Waals surface area contributed by atoms with Gasteiger partial charge in [-0.15, -0.1) is 0 Å². The van der Waals surface area contributed by atoms with Crippen molar-refractivity contribution in [2.75, 3.05) is 20.1 Å². The molecule has 1 aromatic heterocycles. The predicted molar refractivity (Wildman–Crippen MR) is 132 cm³/mol. The molecular formula is C27H30F2N4O. The number of aromatic nitrogens is 1. The number of benzene rings is 1. The van der Waals surface area contributed by atoms with Crippen molar-refractivity contribution >= 4 is 17.7 Å². The zero-order valence-electron chi connectivity index (χ0n) is 19.9. The summed E-state index contributed by atoms with van der Waals surface area (Å²) < 4.78 is 29.8. The Bertz CT molecular complexity index is 1150. The average molecular weight is 465 g/mol. The van der Waals surface area contributed by atoms with E-state index in [1.165, 1.54) is 11.0 Å². The fraction of sp³-hybridized carbons (Fsp3) is 0.296. The summed E-state index contributed by atoms with van der Waals surface area (Å²) in [6.07, 6.45) is 8.92. The molecule has 0 saturated carbocycles. The van der Waals surface area contributed by atoms with Gasteiger partial charge in [-0.05, 0) is 73.7 Å². The van der Waals surface area contributed by atoms with Crippen LogP contribution in [0.15, 0.2) is 65.9 Å². The van der Waals surface area contributed by atoms with Crippen molar-refractivity contribution in [2.45, 2.75) is 33.2 Å². The van der Waals surface area contributed by atoms with Gasteiger partial charge in [0.05, 0.1) is 5.71 Å². The van der Waals surface area contributed by atoms with Crippen LogP contribution in [0.25, 0.3) is 5.57 Å². The Hall–Kier alpha value is -3.61. The van der Waals surface area contributed by atoms with E-state index in [4.69, 9.17) is 0 Å². The van der Waals surface area contributed by atoms with Crippen LogP contribution >= 0.6 is 0 Å². The highest BCUT2D eigenvalue weighted by atomic mass is 19.1. The zero-order chi connectivity index (χ0) is 24.7. The van der Waals surface area contributed by atoms with E-state index in [1.54, 1.807) is 29.4 Å². The molecule has 34 heavy (non-hydrogen) atoms. The van der Waals surface area contributed by atoms with Crippen LogP contribution in [0.4, 0.5) is 8.78 Å². The predicted octanol–water partition coefficient (Wildman–Crippen LogP) is 5.08. The monoisotopic (exact) mass is 464 g/mol. The van der Waals surface area contributed by atoms with Gasteiger partial charge < -0.3 is 4.90 Å². The number of aryl methyl sites for hydroxylation is 2. The second kappa shape index (κ2) is 11.5. The first-order chi connectivity index (χ1) is 16.3. The van der Waals surface area contributed by atoms with Gasteiger partial charge in [0, 0.05) is 49.7 Å². The van der Waals surface area contributed by atoms with Gasteiger partial charge in [0.1, 0.15) is 11.6 Å². The minimum atomic E-state index is -0.561. The first kappa shape index (κ1) is 25.0. The molecule has 1 heterocycles. The van der Waals surface area contributed by atoms with Crippen LogP contribution in [-0.2, 0) is 17.8 Å². The van der Waals surface area contributed by atoms with E-state index in [0.29, 0.717) is 42.7 Å². The number of hydrogen-bond acceptors (Lipinski definition) is 4. The smallest absolute Gasteiger partial charge is 0.210 e. The Morgan fingerprint density at radius 1 is 1.21 bits per heavy atom. The maximum Gasteiger partial charge on any atom is 0.210 e. The van der Waals surface area contributed by atoms with Crippen molar-refractivity contribution in [3.8, 4) is 0 Å². The molecular weight excluding hydrogens is 434 g/mol. The van der Waals surface area contributed by atoms with Gasteiger partial charge in [-0.1, -0.05) is 18.7 Å². The Labute approximate surface area is 199 Å². The number of rotatable bonds is 10. The zero-order valence-corrected chi connectivity index (χ0v) is 19.9. The van der Waals surface area contributed by atoms with Crippen molar-refractivity contribution in [1.82, 2.24) is 14.9 Å². The van der Waals surface area contributed by atoms with E-state index >= 15 is 0 Å². The van der Waals surface area contributed by atoms with Crippen LogP contribution < -0.4 is 0 Å². The van der Waals surface area contributed by atoms with Gasteiger partial charge in [-0.2, -0.15) is 5.10 Å². The number of carbonyl (C=O) groups is 1. The van der Waals surface area contributed by atoms with Crippen LogP contribution in [0.5, 0.6) is 0 Å². The topological polar surface area (TPSA) is 48.8 Å². The lowest BCUT2D eigenvalue weighted by Gasteiger charge is -2.19. The molecule has 0 atom stereocenters. The molecule has 0 radical (unpaired) electrons. The van der Waals surface area contributed by atoms with Gasteiger partial charge in [-0.3, -0.25) is 14.8 Å². The molecule has 1 aromatic carbocycles. The second-order valence-electron chi connectivity index (χ2n) is 8.29.